The Morgan fingerprint density at radius 3 is 2.70 bits per heavy atom. The van der Waals surface area contributed by atoms with E-state index in [0.717, 1.165) is 0 Å². The van der Waals surface area contributed by atoms with E-state index in [0.29, 0.717) is 25.5 Å². The number of aromatic nitrogens is 2. The van der Waals surface area contributed by atoms with Crippen LogP contribution in [-0.4, -0.2) is 64.2 Å². The lowest BCUT2D eigenvalue weighted by molar-refractivity contribution is 0.0197. The third-order valence-corrected chi connectivity index (χ3v) is 3.40. The van der Waals surface area contributed by atoms with Crippen molar-refractivity contribution in [2.24, 2.45) is 0 Å². The van der Waals surface area contributed by atoms with Crippen LogP contribution in [0.2, 0.25) is 0 Å². The molecule has 1 saturated heterocycles. The molecule has 1 aromatic rings. The van der Waals surface area contributed by atoms with E-state index in [9.17, 15) is 9.90 Å². The van der Waals surface area contributed by atoms with E-state index in [1.165, 1.54) is 0 Å². The maximum Gasteiger partial charge on any atom is 0.410 e. The van der Waals surface area contributed by atoms with Gasteiger partial charge in [0.15, 0.2) is 11.5 Å². The highest BCUT2D eigenvalue weighted by Crippen LogP contribution is 2.19. The van der Waals surface area contributed by atoms with E-state index in [4.69, 9.17) is 10.00 Å². The molecule has 1 aliphatic rings. The van der Waals surface area contributed by atoms with Gasteiger partial charge in [-0.15, -0.1) is 10.2 Å². The Morgan fingerprint density at radius 2 is 2.17 bits per heavy atom. The number of amides is 1. The van der Waals surface area contributed by atoms with E-state index < -0.39 is 5.60 Å². The fourth-order valence-electron chi connectivity index (χ4n) is 2.34. The number of carbonyl (C=O) groups excluding carboxylic acids is 1. The topological polar surface area (TPSA) is 103 Å². The second-order valence-electron chi connectivity index (χ2n) is 6.34. The molecule has 0 aliphatic carbocycles. The molecule has 1 unspecified atom stereocenters. The summed E-state index contributed by atoms with van der Waals surface area (Å²) in [6, 6.07) is 4.89. The molecule has 0 aromatic carbocycles. The van der Waals surface area contributed by atoms with Crippen molar-refractivity contribution < 1.29 is 14.6 Å². The average Bonchev–Trinajstić information content (AvgIpc) is 2.52. The van der Waals surface area contributed by atoms with Gasteiger partial charge < -0.3 is 19.6 Å². The lowest BCUT2D eigenvalue weighted by Gasteiger charge is -2.41. The zero-order chi connectivity index (χ0) is 17.0. The van der Waals surface area contributed by atoms with Gasteiger partial charge in [-0.3, -0.25) is 0 Å². The fraction of sp³-hybridized carbons (Fsp3) is 0.600. The fourth-order valence-corrected chi connectivity index (χ4v) is 2.34. The molecule has 124 valence electrons. The molecular formula is C15H21N5O3. The number of rotatable bonds is 2. The van der Waals surface area contributed by atoms with Gasteiger partial charge in [0.2, 0.25) is 0 Å². The molecule has 2 heterocycles. The number of ether oxygens (including phenoxy) is 1. The summed E-state index contributed by atoms with van der Waals surface area (Å²) in [5, 5.41) is 26.2. The van der Waals surface area contributed by atoms with Crippen molar-refractivity contribution >= 4 is 11.9 Å². The molecule has 0 spiro atoms. The summed E-state index contributed by atoms with van der Waals surface area (Å²) >= 11 is 0. The quantitative estimate of drug-likeness (QED) is 0.858. The van der Waals surface area contributed by atoms with Crippen LogP contribution in [-0.2, 0) is 4.74 Å². The lowest BCUT2D eigenvalue weighted by Crippen LogP contribution is -2.57. The van der Waals surface area contributed by atoms with E-state index >= 15 is 0 Å². The molecule has 1 amide bonds. The SMILES string of the molecule is CC(C)(C)OC(=O)N1CCN(c2ccc(C#N)nn2)C(CO)C1. The summed E-state index contributed by atoms with van der Waals surface area (Å²) in [5.74, 6) is 0.576. The summed E-state index contributed by atoms with van der Waals surface area (Å²) in [4.78, 5) is 15.6. The first-order chi connectivity index (χ1) is 10.8. The van der Waals surface area contributed by atoms with Gasteiger partial charge in [0.1, 0.15) is 11.7 Å². The number of hydrogen-bond acceptors (Lipinski definition) is 7. The predicted molar refractivity (Wildman–Crippen MR) is 82.8 cm³/mol. The molecule has 0 radical (unpaired) electrons. The highest BCUT2D eigenvalue weighted by molar-refractivity contribution is 5.68. The van der Waals surface area contributed by atoms with Crippen molar-refractivity contribution in [2.45, 2.75) is 32.4 Å². The van der Waals surface area contributed by atoms with Gasteiger partial charge in [-0.2, -0.15) is 5.26 Å². The maximum atomic E-state index is 12.1. The standard InChI is InChI=1S/C15H21N5O3/c1-15(2,3)23-14(22)19-6-7-20(12(9-19)10-21)13-5-4-11(8-16)17-18-13/h4-5,12,21H,6-7,9-10H2,1-3H3. The first-order valence-corrected chi connectivity index (χ1v) is 7.43. The Morgan fingerprint density at radius 1 is 1.43 bits per heavy atom. The van der Waals surface area contributed by atoms with Crippen molar-refractivity contribution in [1.29, 1.82) is 5.26 Å². The Kier molecular flexibility index (Phi) is 5.01. The van der Waals surface area contributed by atoms with Gasteiger partial charge >= 0.3 is 6.09 Å². The highest BCUT2D eigenvalue weighted by atomic mass is 16.6. The Labute approximate surface area is 135 Å². The number of carbonyl (C=O) groups is 1. The van der Waals surface area contributed by atoms with Crippen LogP contribution >= 0.6 is 0 Å². The van der Waals surface area contributed by atoms with E-state index in [1.807, 2.05) is 31.7 Å². The molecule has 8 heteroatoms. The number of aliphatic hydroxyl groups excluding tert-OH is 1. The monoisotopic (exact) mass is 319 g/mol. The van der Waals surface area contributed by atoms with Gasteiger partial charge in [0.05, 0.1) is 12.6 Å². The summed E-state index contributed by atoms with van der Waals surface area (Å²) in [6.07, 6.45) is -0.387. The Hall–Kier alpha value is -2.40. The lowest BCUT2D eigenvalue weighted by atomic mass is 10.1. The van der Waals surface area contributed by atoms with Crippen LogP contribution in [0.3, 0.4) is 0 Å². The van der Waals surface area contributed by atoms with Gasteiger partial charge in [-0.1, -0.05) is 0 Å². The Balaban J connectivity index is 2.06. The van der Waals surface area contributed by atoms with Crippen LogP contribution in [0.25, 0.3) is 0 Å². The maximum absolute atomic E-state index is 12.1. The van der Waals surface area contributed by atoms with Crippen molar-refractivity contribution in [3.63, 3.8) is 0 Å². The minimum atomic E-state index is -0.554. The van der Waals surface area contributed by atoms with Crippen LogP contribution in [0.5, 0.6) is 0 Å². The number of piperazine rings is 1. The number of nitrogens with zero attached hydrogens (tertiary/aromatic N) is 5. The van der Waals surface area contributed by atoms with E-state index in [-0.39, 0.29) is 24.4 Å². The number of nitriles is 1. The second kappa shape index (κ2) is 6.79. The van der Waals surface area contributed by atoms with Crippen molar-refractivity contribution in [2.75, 3.05) is 31.1 Å². The Bertz CT molecular complexity index is 591. The van der Waals surface area contributed by atoms with E-state index in [2.05, 4.69) is 10.2 Å². The van der Waals surface area contributed by atoms with Gasteiger partial charge in [-0.25, -0.2) is 4.79 Å². The third kappa shape index (κ3) is 4.29. The van der Waals surface area contributed by atoms with Crippen LogP contribution in [0, 0.1) is 11.3 Å². The zero-order valence-electron chi connectivity index (χ0n) is 13.6. The highest BCUT2D eigenvalue weighted by Gasteiger charge is 2.32. The molecule has 1 fully saturated rings. The minimum Gasteiger partial charge on any atom is -0.444 e. The van der Waals surface area contributed by atoms with Gasteiger partial charge in [0.25, 0.3) is 0 Å². The number of aliphatic hydroxyl groups is 1. The third-order valence-electron chi connectivity index (χ3n) is 3.40. The minimum absolute atomic E-state index is 0.124. The van der Waals surface area contributed by atoms with Crippen LogP contribution in [0.1, 0.15) is 26.5 Å². The first kappa shape index (κ1) is 17.0. The molecule has 8 nitrogen and oxygen atoms in total. The molecule has 1 atom stereocenters. The second-order valence-corrected chi connectivity index (χ2v) is 6.34. The molecule has 23 heavy (non-hydrogen) atoms. The van der Waals surface area contributed by atoms with Crippen LogP contribution in [0.15, 0.2) is 12.1 Å². The van der Waals surface area contributed by atoms with Crippen LogP contribution < -0.4 is 4.90 Å². The molecule has 1 aromatic heterocycles. The molecule has 2 rings (SSSR count). The smallest absolute Gasteiger partial charge is 0.410 e. The average molecular weight is 319 g/mol. The molecule has 1 aliphatic heterocycles. The summed E-state index contributed by atoms with van der Waals surface area (Å²) in [7, 11) is 0. The van der Waals surface area contributed by atoms with Crippen molar-refractivity contribution in [1.82, 2.24) is 15.1 Å². The summed E-state index contributed by atoms with van der Waals surface area (Å²) < 4.78 is 5.36. The molecule has 0 saturated carbocycles. The van der Waals surface area contributed by atoms with Gasteiger partial charge in [-0.05, 0) is 32.9 Å². The normalized spacial score (nSPS) is 18.5. The summed E-state index contributed by atoms with van der Waals surface area (Å²) in [5.41, 5.74) is -0.316. The zero-order valence-corrected chi connectivity index (χ0v) is 13.6. The number of anilines is 1. The van der Waals surface area contributed by atoms with Crippen LogP contribution in [0.4, 0.5) is 10.6 Å². The largest absolute Gasteiger partial charge is 0.444 e. The molecule has 1 N–H and O–H groups in total. The van der Waals surface area contributed by atoms with Crippen molar-refractivity contribution in [3.05, 3.63) is 17.8 Å². The van der Waals surface area contributed by atoms with E-state index in [1.54, 1.807) is 17.0 Å². The van der Waals surface area contributed by atoms with Gasteiger partial charge in [0, 0.05) is 19.6 Å². The van der Waals surface area contributed by atoms with Crippen molar-refractivity contribution in [3.8, 4) is 6.07 Å². The molecular weight excluding hydrogens is 298 g/mol. The number of hydrogen-bond donors (Lipinski definition) is 1. The summed E-state index contributed by atoms with van der Waals surface area (Å²) in [6.45, 7) is 6.64. The predicted octanol–water partition coefficient (Wildman–Crippen LogP) is 0.766. The molecule has 0 bridgehead atoms. The first-order valence-electron chi connectivity index (χ1n) is 7.43.